The van der Waals surface area contributed by atoms with Gasteiger partial charge in [-0.25, -0.2) is 4.39 Å². The van der Waals surface area contributed by atoms with E-state index < -0.39 is 24.1 Å². The molecule has 0 radical (unpaired) electrons. The fourth-order valence-corrected chi connectivity index (χ4v) is 3.19. The summed E-state index contributed by atoms with van der Waals surface area (Å²) in [6.45, 7) is 9.58. The van der Waals surface area contributed by atoms with Crippen LogP contribution in [0.25, 0.3) is 0 Å². The number of anilines is 1. The molecular formula is C17H25BFN3O2. The number of rotatable bonds is 2. The van der Waals surface area contributed by atoms with Gasteiger partial charge in [0.15, 0.2) is 0 Å². The highest BCUT2D eigenvalue weighted by Gasteiger charge is 2.52. The second-order valence-electron chi connectivity index (χ2n) is 7.65. The zero-order valence-electron chi connectivity index (χ0n) is 14.9. The minimum atomic E-state index is -0.731. The van der Waals surface area contributed by atoms with Gasteiger partial charge < -0.3 is 19.9 Å². The number of hydrogen-bond donors (Lipinski definition) is 2. The number of benzene rings is 1. The number of aryl methyl sites for hydroxylation is 1. The maximum absolute atomic E-state index is 14.8. The molecule has 0 aromatic heterocycles. The minimum Gasteiger partial charge on any atom is -0.399 e. The molecule has 24 heavy (non-hydrogen) atoms. The van der Waals surface area contributed by atoms with Gasteiger partial charge in [0.05, 0.1) is 17.4 Å². The van der Waals surface area contributed by atoms with Crippen molar-refractivity contribution in [3.8, 4) is 0 Å². The first-order valence-corrected chi connectivity index (χ1v) is 8.34. The zero-order valence-corrected chi connectivity index (χ0v) is 14.9. The van der Waals surface area contributed by atoms with Crippen molar-refractivity contribution in [2.45, 2.75) is 64.8 Å². The first-order chi connectivity index (χ1) is 11.0. The normalized spacial score (nSPS) is 23.4. The van der Waals surface area contributed by atoms with Crippen LogP contribution in [0.3, 0.4) is 0 Å². The van der Waals surface area contributed by atoms with Crippen LogP contribution in [0.2, 0.25) is 0 Å². The standard InChI is InChI=1S/C17H25BFN3O2/c1-10(20)22-14-9-13(19)12(8-11(14)6-7-15(22)21)18-23-16(2,3)17(4,5)24-18/h8-10,21H,6-7,20H2,1-5H3. The highest BCUT2D eigenvalue weighted by molar-refractivity contribution is 6.62. The Hall–Kier alpha value is -1.44. The van der Waals surface area contributed by atoms with Crippen LogP contribution in [0.1, 0.15) is 46.6 Å². The maximum Gasteiger partial charge on any atom is 0.497 e. The lowest BCUT2D eigenvalue weighted by Gasteiger charge is -2.35. The Morgan fingerprint density at radius 2 is 1.79 bits per heavy atom. The van der Waals surface area contributed by atoms with E-state index in [1.165, 1.54) is 6.07 Å². The highest BCUT2D eigenvalue weighted by Crippen LogP contribution is 2.37. The second-order valence-corrected chi connectivity index (χ2v) is 7.65. The van der Waals surface area contributed by atoms with Gasteiger partial charge >= 0.3 is 7.12 Å². The molecule has 2 aliphatic heterocycles. The van der Waals surface area contributed by atoms with Crippen molar-refractivity contribution in [1.29, 1.82) is 5.41 Å². The summed E-state index contributed by atoms with van der Waals surface area (Å²) in [6.07, 6.45) is 0.895. The Labute approximate surface area is 143 Å². The molecule has 130 valence electrons. The van der Waals surface area contributed by atoms with E-state index in [-0.39, 0.29) is 6.17 Å². The van der Waals surface area contributed by atoms with Crippen LogP contribution in [-0.4, -0.2) is 30.3 Å². The molecule has 7 heteroatoms. The molecule has 1 atom stereocenters. The van der Waals surface area contributed by atoms with E-state index in [0.717, 1.165) is 5.56 Å². The molecule has 1 fully saturated rings. The molecule has 0 aliphatic carbocycles. The predicted octanol–water partition coefficient (Wildman–Crippen LogP) is 2.16. The topological polar surface area (TPSA) is 71.6 Å². The molecule has 0 spiro atoms. The number of fused-ring (bicyclic) bond motifs is 1. The number of hydrogen-bond acceptors (Lipinski definition) is 4. The van der Waals surface area contributed by atoms with Crippen LogP contribution in [0.5, 0.6) is 0 Å². The predicted molar refractivity (Wildman–Crippen MR) is 94.3 cm³/mol. The van der Waals surface area contributed by atoms with Gasteiger partial charge in [-0.3, -0.25) is 5.41 Å². The van der Waals surface area contributed by atoms with Gasteiger partial charge in [-0.05, 0) is 52.7 Å². The summed E-state index contributed by atoms with van der Waals surface area (Å²) < 4.78 is 26.7. The molecule has 5 nitrogen and oxygen atoms in total. The minimum absolute atomic E-state index is 0.376. The lowest BCUT2D eigenvalue weighted by molar-refractivity contribution is 0.00578. The van der Waals surface area contributed by atoms with Gasteiger partial charge in [0.1, 0.15) is 11.7 Å². The summed E-state index contributed by atoms with van der Waals surface area (Å²) in [5.74, 6) is 0.0212. The van der Waals surface area contributed by atoms with Crippen molar-refractivity contribution in [3.63, 3.8) is 0 Å². The molecule has 1 saturated heterocycles. The summed E-state index contributed by atoms with van der Waals surface area (Å²) >= 11 is 0. The van der Waals surface area contributed by atoms with E-state index >= 15 is 0 Å². The maximum atomic E-state index is 14.8. The summed E-state index contributed by atoms with van der Waals surface area (Å²) in [6, 6.07) is 3.25. The van der Waals surface area contributed by atoms with Crippen LogP contribution >= 0.6 is 0 Å². The molecular weight excluding hydrogens is 308 g/mol. The van der Waals surface area contributed by atoms with E-state index in [1.54, 1.807) is 17.9 Å². The van der Waals surface area contributed by atoms with Gasteiger partial charge in [0, 0.05) is 17.6 Å². The van der Waals surface area contributed by atoms with Crippen molar-refractivity contribution in [1.82, 2.24) is 0 Å². The Kier molecular flexibility index (Phi) is 4.02. The van der Waals surface area contributed by atoms with Gasteiger partial charge in [0.25, 0.3) is 0 Å². The van der Waals surface area contributed by atoms with Crippen LogP contribution < -0.4 is 16.1 Å². The molecule has 3 N–H and O–H groups in total. The van der Waals surface area contributed by atoms with E-state index in [1.807, 2.05) is 27.7 Å². The van der Waals surface area contributed by atoms with Crippen molar-refractivity contribution in [2.75, 3.05) is 4.90 Å². The Morgan fingerprint density at radius 3 is 2.33 bits per heavy atom. The van der Waals surface area contributed by atoms with Gasteiger partial charge in [0.2, 0.25) is 0 Å². The Bertz CT molecular complexity index is 675. The fraction of sp³-hybridized carbons (Fsp3) is 0.588. The van der Waals surface area contributed by atoms with Gasteiger partial charge in [-0.1, -0.05) is 6.07 Å². The average molecular weight is 333 g/mol. The molecule has 2 aliphatic rings. The molecule has 1 unspecified atom stereocenters. The summed E-state index contributed by atoms with van der Waals surface area (Å²) in [5.41, 5.74) is 6.98. The first kappa shape index (κ1) is 17.4. The SMILES string of the molecule is CC(N)N1C(=N)CCc2cc(B3OC(C)(C)C(C)(C)O3)c(F)cc21. The molecule has 2 heterocycles. The third kappa shape index (κ3) is 2.64. The number of amidine groups is 1. The second kappa shape index (κ2) is 5.54. The highest BCUT2D eigenvalue weighted by atomic mass is 19.1. The first-order valence-electron chi connectivity index (χ1n) is 8.34. The largest absolute Gasteiger partial charge is 0.497 e. The quantitative estimate of drug-likeness (QED) is 0.814. The lowest BCUT2D eigenvalue weighted by atomic mass is 9.76. The lowest BCUT2D eigenvalue weighted by Crippen LogP contribution is -2.47. The van der Waals surface area contributed by atoms with Crippen molar-refractivity contribution >= 4 is 24.1 Å². The van der Waals surface area contributed by atoms with Crippen LogP contribution in [0.15, 0.2) is 12.1 Å². The molecule has 0 bridgehead atoms. The molecule has 1 aromatic rings. The third-order valence-corrected chi connectivity index (χ3v) is 5.29. The van der Waals surface area contributed by atoms with Crippen molar-refractivity contribution < 1.29 is 13.7 Å². The van der Waals surface area contributed by atoms with E-state index in [0.29, 0.717) is 29.8 Å². The Morgan fingerprint density at radius 1 is 1.21 bits per heavy atom. The van der Waals surface area contributed by atoms with E-state index in [2.05, 4.69) is 0 Å². The number of nitrogens with one attached hydrogen (secondary N) is 1. The van der Waals surface area contributed by atoms with Gasteiger partial charge in [-0.15, -0.1) is 0 Å². The molecule has 3 rings (SSSR count). The molecule has 0 saturated carbocycles. The summed E-state index contributed by atoms with van der Waals surface area (Å²) in [7, 11) is -0.731. The molecule has 1 aromatic carbocycles. The summed E-state index contributed by atoms with van der Waals surface area (Å²) in [4.78, 5) is 1.68. The number of nitrogens with zero attached hydrogens (tertiary/aromatic N) is 1. The number of nitrogens with two attached hydrogens (primary N) is 1. The smallest absolute Gasteiger partial charge is 0.399 e. The molecule has 0 amide bonds. The summed E-state index contributed by atoms with van der Waals surface area (Å²) in [5, 5.41) is 8.08. The van der Waals surface area contributed by atoms with Crippen LogP contribution in [0.4, 0.5) is 10.1 Å². The Balaban J connectivity index is 2.01. The van der Waals surface area contributed by atoms with Crippen LogP contribution in [-0.2, 0) is 15.7 Å². The van der Waals surface area contributed by atoms with Crippen molar-refractivity contribution in [2.24, 2.45) is 5.73 Å². The average Bonchev–Trinajstić information content (AvgIpc) is 2.65. The van der Waals surface area contributed by atoms with Crippen LogP contribution in [0, 0.1) is 11.2 Å². The number of halogens is 1. The van der Waals surface area contributed by atoms with Crippen molar-refractivity contribution in [3.05, 3.63) is 23.5 Å². The zero-order chi connectivity index (χ0) is 17.9. The van der Waals surface area contributed by atoms with E-state index in [9.17, 15) is 4.39 Å². The third-order valence-electron chi connectivity index (χ3n) is 5.29. The van der Waals surface area contributed by atoms with Gasteiger partial charge in [-0.2, -0.15) is 0 Å². The fourth-order valence-electron chi connectivity index (χ4n) is 3.19. The monoisotopic (exact) mass is 333 g/mol. The van der Waals surface area contributed by atoms with E-state index in [4.69, 9.17) is 20.5 Å².